The third kappa shape index (κ3) is 4.16. The van der Waals surface area contributed by atoms with Crippen LogP contribution in [0.25, 0.3) is 0 Å². The molecular weight excluding hydrogens is 312 g/mol. The molecule has 2 amide bonds. The number of hydrogen-bond acceptors (Lipinski definition) is 6. The van der Waals surface area contributed by atoms with Crippen LogP contribution in [0.5, 0.6) is 0 Å². The van der Waals surface area contributed by atoms with Crippen molar-refractivity contribution in [2.45, 2.75) is 32.2 Å². The summed E-state index contributed by atoms with van der Waals surface area (Å²) in [7, 11) is 0. The van der Waals surface area contributed by atoms with Gasteiger partial charge in [0.2, 0.25) is 0 Å². The largest absolute Gasteiger partial charge is 0.359 e. The van der Waals surface area contributed by atoms with E-state index in [0.717, 1.165) is 43.3 Å². The highest BCUT2D eigenvalue weighted by Gasteiger charge is 2.23. The van der Waals surface area contributed by atoms with Gasteiger partial charge in [0.25, 0.3) is 0 Å². The Morgan fingerprint density at radius 2 is 2.04 bits per heavy atom. The maximum Gasteiger partial charge on any atom is 0.321 e. The van der Waals surface area contributed by atoms with Crippen molar-refractivity contribution in [3.8, 4) is 0 Å². The number of hydrogen-bond donors (Lipinski definition) is 2. The molecule has 0 aromatic carbocycles. The molecule has 1 aliphatic rings. The van der Waals surface area contributed by atoms with E-state index in [9.17, 15) is 4.79 Å². The average Bonchev–Trinajstić information content (AvgIpc) is 3.09. The highest BCUT2D eigenvalue weighted by atomic mass is 32.1. The standard InChI is InChI=1S/C15H20N6OS/c1-2-13-17-9-12(10-18-13)20-15(22)21-6-3-11(4-7-21)19-14-16-5-8-23-14/h5,8-11H,2-4,6-7H2,1H3,(H,16,19)(H,20,22). The number of nitrogens with one attached hydrogen (secondary N) is 2. The molecule has 2 aromatic rings. The van der Waals surface area contributed by atoms with E-state index < -0.39 is 0 Å². The van der Waals surface area contributed by atoms with Gasteiger partial charge in [-0.15, -0.1) is 11.3 Å². The van der Waals surface area contributed by atoms with Crippen LogP contribution < -0.4 is 10.6 Å². The first-order valence-electron chi connectivity index (χ1n) is 7.77. The van der Waals surface area contributed by atoms with E-state index >= 15 is 0 Å². The molecule has 0 aliphatic carbocycles. The Kier molecular flexibility index (Phi) is 5.02. The molecule has 0 saturated carbocycles. The zero-order chi connectivity index (χ0) is 16.1. The Morgan fingerprint density at radius 1 is 1.30 bits per heavy atom. The van der Waals surface area contributed by atoms with E-state index in [-0.39, 0.29) is 6.03 Å². The lowest BCUT2D eigenvalue weighted by molar-refractivity contribution is 0.197. The zero-order valence-electron chi connectivity index (χ0n) is 13.0. The molecule has 0 atom stereocenters. The topological polar surface area (TPSA) is 83.0 Å². The summed E-state index contributed by atoms with van der Waals surface area (Å²) in [5.41, 5.74) is 0.634. The number of carbonyl (C=O) groups is 1. The molecule has 0 bridgehead atoms. The van der Waals surface area contributed by atoms with Gasteiger partial charge < -0.3 is 15.5 Å². The molecule has 122 valence electrons. The number of rotatable bonds is 4. The van der Waals surface area contributed by atoms with E-state index in [1.54, 1.807) is 29.9 Å². The molecule has 1 saturated heterocycles. The fourth-order valence-corrected chi connectivity index (χ4v) is 3.11. The molecule has 3 rings (SSSR count). The summed E-state index contributed by atoms with van der Waals surface area (Å²) < 4.78 is 0. The maximum absolute atomic E-state index is 12.3. The minimum absolute atomic E-state index is 0.0921. The molecule has 1 fully saturated rings. The van der Waals surface area contributed by atoms with E-state index in [4.69, 9.17) is 0 Å². The number of thiazole rings is 1. The summed E-state index contributed by atoms with van der Waals surface area (Å²) in [6.07, 6.45) is 7.72. The molecule has 23 heavy (non-hydrogen) atoms. The first-order valence-corrected chi connectivity index (χ1v) is 8.65. The molecule has 1 aliphatic heterocycles. The van der Waals surface area contributed by atoms with Crippen LogP contribution >= 0.6 is 11.3 Å². The molecule has 8 heteroatoms. The fourth-order valence-electron chi connectivity index (χ4n) is 2.50. The molecule has 0 unspecified atom stereocenters. The first kappa shape index (κ1) is 15.7. The summed E-state index contributed by atoms with van der Waals surface area (Å²) in [5, 5.41) is 9.17. The van der Waals surface area contributed by atoms with Crippen molar-refractivity contribution in [1.82, 2.24) is 19.9 Å². The van der Waals surface area contributed by atoms with Gasteiger partial charge in [-0.3, -0.25) is 0 Å². The quantitative estimate of drug-likeness (QED) is 0.899. The van der Waals surface area contributed by atoms with Crippen LogP contribution in [-0.2, 0) is 6.42 Å². The minimum atomic E-state index is -0.0921. The molecule has 2 N–H and O–H groups in total. The van der Waals surface area contributed by atoms with Gasteiger partial charge in [0.1, 0.15) is 5.82 Å². The van der Waals surface area contributed by atoms with Gasteiger partial charge >= 0.3 is 6.03 Å². The molecule has 7 nitrogen and oxygen atoms in total. The van der Waals surface area contributed by atoms with Gasteiger partial charge in [-0.25, -0.2) is 19.7 Å². The average molecular weight is 332 g/mol. The lowest BCUT2D eigenvalue weighted by atomic mass is 10.1. The first-order chi connectivity index (χ1) is 11.2. The van der Waals surface area contributed by atoms with Crippen LogP contribution in [0.1, 0.15) is 25.6 Å². The van der Waals surface area contributed by atoms with Crippen molar-refractivity contribution >= 4 is 28.2 Å². The molecule has 2 aromatic heterocycles. The van der Waals surface area contributed by atoms with Gasteiger partial charge in [0.15, 0.2) is 5.13 Å². The normalized spacial score (nSPS) is 15.4. The zero-order valence-corrected chi connectivity index (χ0v) is 13.8. The van der Waals surface area contributed by atoms with Gasteiger partial charge in [0, 0.05) is 37.1 Å². The van der Waals surface area contributed by atoms with Crippen molar-refractivity contribution in [1.29, 1.82) is 0 Å². The second-order valence-electron chi connectivity index (χ2n) is 5.41. The summed E-state index contributed by atoms with van der Waals surface area (Å²) >= 11 is 1.60. The summed E-state index contributed by atoms with van der Waals surface area (Å²) in [4.78, 5) is 26.7. The number of likely N-dealkylation sites (tertiary alicyclic amines) is 1. The second kappa shape index (κ2) is 7.36. The smallest absolute Gasteiger partial charge is 0.321 e. The number of nitrogens with zero attached hydrogens (tertiary/aromatic N) is 4. The SMILES string of the molecule is CCc1ncc(NC(=O)N2CCC(Nc3nccs3)CC2)cn1. The van der Waals surface area contributed by atoms with Crippen LogP contribution in [0.15, 0.2) is 24.0 Å². The Bertz CT molecular complexity index is 622. The number of aryl methyl sites for hydroxylation is 1. The van der Waals surface area contributed by atoms with Gasteiger partial charge in [-0.2, -0.15) is 0 Å². The molecule has 0 spiro atoms. The van der Waals surface area contributed by atoms with E-state index in [0.29, 0.717) is 11.7 Å². The third-order valence-corrected chi connectivity index (χ3v) is 4.52. The van der Waals surface area contributed by atoms with Gasteiger partial charge in [0.05, 0.1) is 18.1 Å². The number of carbonyl (C=O) groups excluding carboxylic acids is 1. The lowest BCUT2D eigenvalue weighted by Gasteiger charge is -2.32. The summed E-state index contributed by atoms with van der Waals surface area (Å²) in [5.74, 6) is 0.775. The van der Waals surface area contributed by atoms with E-state index in [1.807, 2.05) is 17.2 Å². The van der Waals surface area contributed by atoms with E-state index in [2.05, 4.69) is 25.6 Å². The molecule has 3 heterocycles. The fraction of sp³-hybridized carbons (Fsp3) is 0.467. The van der Waals surface area contributed by atoms with Crippen molar-refractivity contribution in [2.75, 3.05) is 23.7 Å². The van der Waals surface area contributed by atoms with Crippen molar-refractivity contribution in [3.63, 3.8) is 0 Å². The van der Waals surface area contributed by atoms with Gasteiger partial charge in [-0.05, 0) is 12.8 Å². The lowest BCUT2D eigenvalue weighted by Crippen LogP contribution is -2.44. The summed E-state index contributed by atoms with van der Waals surface area (Å²) in [6.45, 7) is 3.45. The number of piperidine rings is 1. The maximum atomic E-state index is 12.3. The minimum Gasteiger partial charge on any atom is -0.359 e. The Balaban J connectivity index is 1.47. The third-order valence-electron chi connectivity index (χ3n) is 3.81. The highest BCUT2D eigenvalue weighted by Crippen LogP contribution is 2.18. The molecular formula is C15H20N6OS. The van der Waals surface area contributed by atoms with Crippen LogP contribution in [0.3, 0.4) is 0 Å². The molecule has 0 radical (unpaired) electrons. The van der Waals surface area contributed by atoms with Crippen LogP contribution in [0, 0.1) is 0 Å². The van der Waals surface area contributed by atoms with Crippen LogP contribution in [0.2, 0.25) is 0 Å². The number of amides is 2. The van der Waals surface area contributed by atoms with Crippen LogP contribution in [-0.4, -0.2) is 45.0 Å². The highest BCUT2D eigenvalue weighted by molar-refractivity contribution is 7.13. The Labute approximate surface area is 139 Å². The summed E-state index contributed by atoms with van der Waals surface area (Å²) in [6, 6.07) is 0.280. The number of urea groups is 1. The Hall–Kier alpha value is -2.22. The monoisotopic (exact) mass is 332 g/mol. The predicted octanol–water partition coefficient (Wildman–Crippen LogP) is 2.60. The van der Waals surface area contributed by atoms with Crippen molar-refractivity contribution in [3.05, 3.63) is 29.8 Å². The number of anilines is 2. The second-order valence-corrected chi connectivity index (χ2v) is 6.31. The number of aromatic nitrogens is 3. The van der Waals surface area contributed by atoms with Gasteiger partial charge in [-0.1, -0.05) is 6.92 Å². The van der Waals surface area contributed by atoms with E-state index in [1.165, 1.54) is 0 Å². The van der Waals surface area contributed by atoms with Crippen molar-refractivity contribution in [2.24, 2.45) is 0 Å². The van der Waals surface area contributed by atoms with Crippen molar-refractivity contribution < 1.29 is 4.79 Å². The Morgan fingerprint density at radius 3 is 2.65 bits per heavy atom. The van der Waals surface area contributed by atoms with Crippen LogP contribution in [0.4, 0.5) is 15.6 Å². The predicted molar refractivity (Wildman–Crippen MR) is 90.8 cm³/mol.